The minimum Gasteiger partial charge on any atom is -0.340 e. The normalized spacial score (nSPS) is 16.3. The molecule has 0 saturated carbocycles. The summed E-state index contributed by atoms with van der Waals surface area (Å²) >= 11 is 0. The molecular weight excluding hydrogens is 293 g/mol. The molecule has 1 aliphatic rings. The zero-order valence-corrected chi connectivity index (χ0v) is 13.3. The molecule has 1 unspecified atom stereocenters. The predicted octanol–water partition coefficient (Wildman–Crippen LogP) is 2.45. The van der Waals surface area contributed by atoms with Gasteiger partial charge in [-0.25, -0.2) is 4.39 Å². The van der Waals surface area contributed by atoms with Gasteiger partial charge in [0.25, 0.3) is 0 Å². The lowest BCUT2D eigenvalue weighted by molar-refractivity contribution is -0.141. The molecule has 1 fully saturated rings. The van der Waals surface area contributed by atoms with E-state index >= 15 is 0 Å². The summed E-state index contributed by atoms with van der Waals surface area (Å²) in [5.74, 6) is -0.0831. The second-order valence-corrected chi connectivity index (χ2v) is 6.11. The molecule has 5 heteroatoms. The van der Waals surface area contributed by atoms with Gasteiger partial charge >= 0.3 is 0 Å². The fraction of sp³-hybridized carbons (Fsp3) is 0.333. The van der Waals surface area contributed by atoms with Crippen molar-refractivity contribution in [3.05, 3.63) is 65.7 Å². The Kier molecular flexibility index (Phi) is 4.39. The van der Waals surface area contributed by atoms with Crippen molar-refractivity contribution in [1.29, 1.82) is 0 Å². The maximum atomic E-state index is 14.1. The lowest BCUT2D eigenvalue weighted by atomic mass is 9.91. The van der Waals surface area contributed by atoms with E-state index in [9.17, 15) is 9.18 Å². The van der Waals surface area contributed by atoms with Crippen molar-refractivity contribution in [2.45, 2.75) is 12.0 Å². The SMILES string of the molecule is CN(C)C(C(=O)N1CC(c2cccnc2)C1)c1ccccc1F. The molecule has 1 aliphatic heterocycles. The van der Waals surface area contributed by atoms with E-state index < -0.39 is 6.04 Å². The monoisotopic (exact) mass is 313 g/mol. The van der Waals surface area contributed by atoms with Crippen LogP contribution in [0.15, 0.2) is 48.8 Å². The highest BCUT2D eigenvalue weighted by molar-refractivity contribution is 5.84. The number of carbonyl (C=O) groups is 1. The van der Waals surface area contributed by atoms with Crippen LogP contribution in [0.5, 0.6) is 0 Å². The van der Waals surface area contributed by atoms with Crippen molar-refractivity contribution in [2.24, 2.45) is 0 Å². The lowest BCUT2D eigenvalue weighted by Gasteiger charge is -2.42. The summed E-state index contributed by atoms with van der Waals surface area (Å²) in [4.78, 5) is 20.5. The van der Waals surface area contributed by atoms with Gasteiger partial charge in [0.2, 0.25) is 5.91 Å². The summed E-state index contributed by atoms with van der Waals surface area (Å²) in [5.41, 5.74) is 1.57. The molecule has 2 heterocycles. The summed E-state index contributed by atoms with van der Waals surface area (Å²) < 4.78 is 14.1. The largest absolute Gasteiger partial charge is 0.340 e. The second-order valence-electron chi connectivity index (χ2n) is 6.11. The number of likely N-dealkylation sites (tertiary alicyclic amines) is 1. The summed E-state index contributed by atoms with van der Waals surface area (Å²) in [6, 6.07) is 9.81. The first-order valence-corrected chi connectivity index (χ1v) is 7.67. The van der Waals surface area contributed by atoms with E-state index in [1.54, 1.807) is 48.3 Å². The van der Waals surface area contributed by atoms with E-state index in [-0.39, 0.29) is 11.7 Å². The molecule has 1 amide bonds. The molecule has 1 aromatic heterocycles. The predicted molar refractivity (Wildman–Crippen MR) is 86.4 cm³/mol. The molecule has 23 heavy (non-hydrogen) atoms. The Morgan fingerprint density at radius 1 is 1.26 bits per heavy atom. The van der Waals surface area contributed by atoms with Crippen molar-refractivity contribution in [3.8, 4) is 0 Å². The van der Waals surface area contributed by atoms with Gasteiger partial charge in [0, 0.05) is 37.0 Å². The minimum absolute atomic E-state index is 0.0553. The van der Waals surface area contributed by atoms with Crippen LogP contribution in [0.25, 0.3) is 0 Å². The summed E-state index contributed by atoms with van der Waals surface area (Å²) in [7, 11) is 3.60. The number of rotatable bonds is 4. The van der Waals surface area contributed by atoms with E-state index in [0.717, 1.165) is 5.56 Å². The first-order valence-electron chi connectivity index (χ1n) is 7.67. The molecule has 0 spiro atoms. The third-order valence-corrected chi connectivity index (χ3v) is 4.30. The average molecular weight is 313 g/mol. The fourth-order valence-corrected chi connectivity index (χ4v) is 2.99. The van der Waals surface area contributed by atoms with E-state index in [4.69, 9.17) is 0 Å². The maximum Gasteiger partial charge on any atom is 0.244 e. The molecule has 4 nitrogen and oxygen atoms in total. The number of pyridine rings is 1. The van der Waals surface area contributed by atoms with Gasteiger partial charge in [0.15, 0.2) is 0 Å². The number of amides is 1. The highest BCUT2D eigenvalue weighted by Gasteiger charge is 2.37. The van der Waals surface area contributed by atoms with Gasteiger partial charge in [0.1, 0.15) is 11.9 Å². The number of aromatic nitrogens is 1. The Bertz CT molecular complexity index is 684. The quantitative estimate of drug-likeness (QED) is 0.870. The Morgan fingerprint density at radius 3 is 2.61 bits per heavy atom. The van der Waals surface area contributed by atoms with Crippen LogP contribution in [0.1, 0.15) is 23.1 Å². The molecule has 3 rings (SSSR count). The van der Waals surface area contributed by atoms with Crippen molar-refractivity contribution in [3.63, 3.8) is 0 Å². The number of nitrogens with zero attached hydrogens (tertiary/aromatic N) is 3. The van der Waals surface area contributed by atoms with Gasteiger partial charge in [-0.05, 0) is 31.8 Å². The molecule has 0 bridgehead atoms. The van der Waals surface area contributed by atoms with Crippen molar-refractivity contribution in [2.75, 3.05) is 27.2 Å². The molecule has 0 N–H and O–H groups in total. The van der Waals surface area contributed by atoms with Crippen LogP contribution in [-0.2, 0) is 4.79 Å². The summed E-state index contributed by atoms with van der Waals surface area (Å²) in [6.07, 6.45) is 3.58. The molecular formula is C18H20FN3O. The summed E-state index contributed by atoms with van der Waals surface area (Å²) in [5, 5.41) is 0. The third kappa shape index (κ3) is 3.10. The molecule has 120 valence electrons. The molecule has 0 aliphatic carbocycles. The number of hydrogen-bond acceptors (Lipinski definition) is 3. The highest BCUT2D eigenvalue weighted by Crippen LogP contribution is 2.31. The van der Waals surface area contributed by atoms with Crippen LogP contribution >= 0.6 is 0 Å². The number of hydrogen-bond donors (Lipinski definition) is 0. The first kappa shape index (κ1) is 15.6. The summed E-state index contributed by atoms with van der Waals surface area (Å²) in [6.45, 7) is 1.31. The van der Waals surface area contributed by atoms with E-state index in [1.807, 2.05) is 18.3 Å². The van der Waals surface area contributed by atoms with Crippen molar-refractivity contribution < 1.29 is 9.18 Å². The van der Waals surface area contributed by atoms with Gasteiger partial charge in [-0.2, -0.15) is 0 Å². The van der Waals surface area contributed by atoms with E-state index in [1.165, 1.54) is 6.07 Å². The smallest absolute Gasteiger partial charge is 0.244 e. The van der Waals surface area contributed by atoms with E-state index in [2.05, 4.69) is 4.98 Å². The molecule has 2 aromatic rings. The minimum atomic E-state index is -0.592. The van der Waals surface area contributed by atoms with Gasteiger partial charge in [0.05, 0.1) is 0 Å². The molecule has 1 atom stereocenters. The number of halogens is 1. The van der Waals surface area contributed by atoms with Gasteiger partial charge in [-0.3, -0.25) is 14.7 Å². The van der Waals surface area contributed by atoms with Crippen LogP contribution in [0.2, 0.25) is 0 Å². The highest BCUT2D eigenvalue weighted by atomic mass is 19.1. The molecule has 1 aromatic carbocycles. The fourth-order valence-electron chi connectivity index (χ4n) is 2.99. The van der Waals surface area contributed by atoms with Gasteiger partial charge < -0.3 is 4.90 Å². The Hall–Kier alpha value is -2.27. The van der Waals surface area contributed by atoms with E-state index in [0.29, 0.717) is 24.6 Å². The average Bonchev–Trinajstić information content (AvgIpc) is 2.49. The Labute approximate surface area is 135 Å². The Morgan fingerprint density at radius 2 is 2.00 bits per heavy atom. The van der Waals surface area contributed by atoms with Crippen molar-refractivity contribution in [1.82, 2.24) is 14.8 Å². The van der Waals surface area contributed by atoms with Crippen LogP contribution in [-0.4, -0.2) is 47.9 Å². The van der Waals surface area contributed by atoms with Crippen LogP contribution in [0, 0.1) is 5.82 Å². The van der Waals surface area contributed by atoms with Crippen LogP contribution in [0.4, 0.5) is 4.39 Å². The lowest BCUT2D eigenvalue weighted by Crippen LogP contribution is -2.52. The number of likely N-dealkylation sites (N-methyl/N-ethyl adjacent to an activating group) is 1. The Balaban J connectivity index is 1.73. The second kappa shape index (κ2) is 6.46. The standard InChI is InChI=1S/C18H20FN3O/c1-21(2)17(15-7-3-4-8-16(15)19)18(23)22-11-14(12-22)13-6-5-9-20-10-13/h3-10,14,17H,11-12H2,1-2H3. The van der Waals surface area contributed by atoms with Crippen LogP contribution < -0.4 is 0 Å². The van der Waals surface area contributed by atoms with Crippen molar-refractivity contribution >= 4 is 5.91 Å². The first-order chi connectivity index (χ1) is 11.1. The number of carbonyl (C=O) groups excluding carboxylic acids is 1. The van der Waals surface area contributed by atoms with Gasteiger partial charge in [-0.15, -0.1) is 0 Å². The van der Waals surface area contributed by atoms with Gasteiger partial charge in [-0.1, -0.05) is 24.3 Å². The zero-order chi connectivity index (χ0) is 16.4. The maximum absolute atomic E-state index is 14.1. The topological polar surface area (TPSA) is 36.4 Å². The molecule has 0 radical (unpaired) electrons. The third-order valence-electron chi connectivity index (χ3n) is 4.30. The molecule has 1 saturated heterocycles. The van der Waals surface area contributed by atoms with Crippen LogP contribution in [0.3, 0.4) is 0 Å². The zero-order valence-electron chi connectivity index (χ0n) is 13.3. The number of benzene rings is 1.